The first-order valence-corrected chi connectivity index (χ1v) is 6.43. The lowest BCUT2D eigenvalue weighted by atomic mass is 10.0. The van der Waals surface area contributed by atoms with E-state index >= 15 is 0 Å². The molecule has 0 radical (unpaired) electrons. The van der Waals surface area contributed by atoms with Crippen molar-refractivity contribution in [3.05, 3.63) is 32.7 Å². The predicted molar refractivity (Wildman–Crippen MR) is 69.9 cm³/mol. The molecule has 1 atom stereocenters. The normalized spacial score (nSPS) is 12.8. The monoisotopic (exact) mass is 335 g/mol. The molecular weight excluding hydrogens is 322 g/mol. The lowest BCUT2D eigenvalue weighted by Crippen LogP contribution is -2.11. The van der Waals surface area contributed by atoms with Gasteiger partial charge in [0, 0.05) is 28.7 Å². The van der Waals surface area contributed by atoms with Crippen molar-refractivity contribution in [2.24, 2.45) is 5.73 Å². The summed E-state index contributed by atoms with van der Waals surface area (Å²) in [6.45, 7) is 0.766. The predicted octanol–water partition coefficient (Wildman–Crippen LogP) is 3.64. The molecule has 1 aromatic carbocycles. The fraction of sp³-hybridized carbons (Fsp3) is 0.455. The zero-order valence-corrected chi connectivity index (χ0v) is 11.8. The molecule has 2 N–H and O–H groups in total. The van der Waals surface area contributed by atoms with Gasteiger partial charge in [0.25, 0.3) is 0 Å². The van der Waals surface area contributed by atoms with Gasteiger partial charge in [-0.05, 0) is 30.5 Å². The van der Waals surface area contributed by atoms with Crippen LogP contribution in [0.25, 0.3) is 0 Å². The van der Waals surface area contributed by atoms with E-state index in [4.69, 9.17) is 10.5 Å². The highest BCUT2D eigenvalue weighted by Crippen LogP contribution is 2.27. The summed E-state index contributed by atoms with van der Waals surface area (Å²) in [5.74, 6) is 0. The largest absolute Gasteiger partial charge is 0.385 e. The van der Waals surface area contributed by atoms with E-state index in [0.717, 1.165) is 34.0 Å². The molecule has 0 aromatic heterocycles. The number of rotatable bonds is 5. The van der Waals surface area contributed by atoms with E-state index in [0.29, 0.717) is 0 Å². The second-order valence-corrected chi connectivity index (χ2v) is 5.18. The molecule has 0 aliphatic rings. The second-order valence-electron chi connectivity index (χ2n) is 3.41. The van der Waals surface area contributed by atoms with E-state index in [9.17, 15) is 0 Å². The minimum atomic E-state index is 0.0719. The molecule has 1 unspecified atom stereocenters. The molecule has 0 heterocycles. The van der Waals surface area contributed by atoms with Crippen LogP contribution in [0.2, 0.25) is 0 Å². The van der Waals surface area contributed by atoms with E-state index in [1.807, 2.05) is 18.2 Å². The van der Waals surface area contributed by atoms with E-state index in [1.165, 1.54) is 0 Å². The third-order valence-electron chi connectivity index (χ3n) is 2.23. The van der Waals surface area contributed by atoms with Gasteiger partial charge >= 0.3 is 0 Å². The van der Waals surface area contributed by atoms with E-state index in [2.05, 4.69) is 31.9 Å². The first kappa shape index (κ1) is 13.2. The first-order chi connectivity index (χ1) is 7.15. The summed E-state index contributed by atoms with van der Waals surface area (Å²) in [7, 11) is 1.71. The number of hydrogen-bond donors (Lipinski definition) is 1. The van der Waals surface area contributed by atoms with Gasteiger partial charge in [-0.2, -0.15) is 0 Å². The molecule has 0 aliphatic carbocycles. The highest BCUT2D eigenvalue weighted by Gasteiger charge is 2.09. The van der Waals surface area contributed by atoms with Crippen LogP contribution in [0.5, 0.6) is 0 Å². The Balaban J connectivity index is 2.61. The zero-order valence-electron chi connectivity index (χ0n) is 8.67. The quantitative estimate of drug-likeness (QED) is 0.833. The molecule has 4 heteroatoms. The maximum atomic E-state index is 6.09. The Morgan fingerprint density at radius 1 is 1.40 bits per heavy atom. The molecule has 0 bridgehead atoms. The van der Waals surface area contributed by atoms with Crippen LogP contribution in [0.3, 0.4) is 0 Å². The molecule has 84 valence electrons. The van der Waals surface area contributed by atoms with Crippen LogP contribution in [-0.2, 0) is 4.74 Å². The summed E-state index contributed by atoms with van der Waals surface area (Å²) in [4.78, 5) is 0. The molecule has 0 fully saturated rings. The number of ether oxygens (including phenoxy) is 1. The van der Waals surface area contributed by atoms with E-state index < -0.39 is 0 Å². The fourth-order valence-corrected chi connectivity index (χ4v) is 2.75. The number of methoxy groups -OCH3 is 1. The van der Waals surface area contributed by atoms with Crippen molar-refractivity contribution in [3.8, 4) is 0 Å². The summed E-state index contributed by atoms with van der Waals surface area (Å²) in [5.41, 5.74) is 7.23. The number of nitrogens with two attached hydrogens (primary N) is 1. The van der Waals surface area contributed by atoms with Gasteiger partial charge in [-0.15, -0.1) is 0 Å². The van der Waals surface area contributed by atoms with Gasteiger partial charge in [-0.1, -0.05) is 37.9 Å². The zero-order chi connectivity index (χ0) is 11.3. The van der Waals surface area contributed by atoms with Crippen molar-refractivity contribution in [2.45, 2.75) is 18.9 Å². The van der Waals surface area contributed by atoms with Crippen LogP contribution in [0.4, 0.5) is 0 Å². The molecular formula is C11H15Br2NO. The third kappa shape index (κ3) is 4.23. The summed E-state index contributed by atoms with van der Waals surface area (Å²) in [5, 5.41) is 0. The SMILES string of the molecule is COCCCC(N)c1ccc(Br)cc1Br. The van der Waals surface area contributed by atoms with E-state index in [1.54, 1.807) is 7.11 Å². The molecule has 0 saturated carbocycles. The van der Waals surface area contributed by atoms with Crippen molar-refractivity contribution in [2.75, 3.05) is 13.7 Å². The highest BCUT2D eigenvalue weighted by atomic mass is 79.9. The summed E-state index contributed by atoms with van der Waals surface area (Å²) >= 11 is 6.93. The molecule has 2 nitrogen and oxygen atoms in total. The van der Waals surface area contributed by atoms with Crippen molar-refractivity contribution < 1.29 is 4.74 Å². The molecule has 1 rings (SSSR count). The lowest BCUT2D eigenvalue weighted by molar-refractivity contribution is 0.190. The van der Waals surface area contributed by atoms with Gasteiger partial charge in [-0.3, -0.25) is 0 Å². The van der Waals surface area contributed by atoms with Gasteiger partial charge in [0.05, 0.1) is 0 Å². The minimum absolute atomic E-state index is 0.0719. The van der Waals surface area contributed by atoms with E-state index in [-0.39, 0.29) is 6.04 Å². The standard InChI is InChI=1S/C11H15Br2NO/c1-15-6-2-3-11(14)9-5-4-8(12)7-10(9)13/h4-5,7,11H,2-3,6,14H2,1H3. The maximum absolute atomic E-state index is 6.09. The van der Waals surface area contributed by atoms with Crippen molar-refractivity contribution in [1.29, 1.82) is 0 Å². The highest BCUT2D eigenvalue weighted by molar-refractivity contribution is 9.11. The smallest absolute Gasteiger partial charge is 0.0462 e. The molecule has 0 aliphatic heterocycles. The minimum Gasteiger partial charge on any atom is -0.385 e. The second kappa shape index (κ2) is 6.63. The molecule has 15 heavy (non-hydrogen) atoms. The van der Waals surface area contributed by atoms with Gasteiger partial charge in [-0.25, -0.2) is 0 Å². The van der Waals surface area contributed by atoms with Crippen LogP contribution in [0.1, 0.15) is 24.4 Å². The van der Waals surface area contributed by atoms with Crippen LogP contribution < -0.4 is 5.73 Å². The topological polar surface area (TPSA) is 35.2 Å². The molecule has 1 aromatic rings. The summed E-state index contributed by atoms with van der Waals surface area (Å²) < 4.78 is 7.12. The maximum Gasteiger partial charge on any atom is 0.0462 e. The van der Waals surface area contributed by atoms with Gasteiger partial charge in [0.1, 0.15) is 0 Å². The lowest BCUT2D eigenvalue weighted by Gasteiger charge is -2.13. The fourth-order valence-electron chi connectivity index (χ4n) is 1.41. The van der Waals surface area contributed by atoms with Crippen LogP contribution in [0, 0.1) is 0 Å². The van der Waals surface area contributed by atoms with Gasteiger partial charge in [0.15, 0.2) is 0 Å². The van der Waals surface area contributed by atoms with Gasteiger partial charge < -0.3 is 10.5 Å². The Morgan fingerprint density at radius 2 is 2.13 bits per heavy atom. The van der Waals surface area contributed by atoms with Gasteiger partial charge in [0.2, 0.25) is 0 Å². The van der Waals surface area contributed by atoms with Crippen LogP contribution in [-0.4, -0.2) is 13.7 Å². The Kier molecular flexibility index (Phi) is 5.82. The average Bonchev–Trinajstić information content (AvgIpc) is 2.17. The number of benzene rings is 1. The number of hydrogen-bond acceptors (Lipinski definition) is 2. The Bertz CT molecular complexity index is 317. The molecule has 0 spiro atoms. The van der Waals surface area contributed by atoms with Crippen molar-refractivity contribution in [1.82, 2.24) is 0 Å². The van der Waals surface area contributed by atoms with Crippen molar-refractivity contribution in [3.63, 3.8) is 0 Å². The summed E-state index contributed by atoms with van der Waals surface area (Å²) in [6.07, 6.45) is 1.92. The van der Waals surface area contributed by atoms with Crippen LogP contribution >= 0.6 is 31.9 Å². The number of halogens is 2. The Morgan fingerprint density at radius 3 is 2.73 bits per heavy atom. The third-order valence-corrected chi connectivity index (χ3v) is 3.41. The first-order valence-electron chi connectivity index (χ1n) is 4.84. The average molecular weight is 337 g/mol. The van der Waals surface area contributed by atoms with Crippen molar-refractivity contribution >= 4 is 31.9 Å². The molecule has 0 saturated heterocycles. The Labute approximate surface area is 107 Å². The Hall–Kier alpha value is 0.1000. The van der Waals surface area contributed by atoms with Crippen LogP contribution in [0.15, 0.2) is 27.1 Å². The summed E-state index contributed by atoms with van der Waals surface area (Å²) in [6, 6.07) is 6.15. The molecule has 0 amide bonds.